The first-order valence-electron chi connectivity index (χ1n) is 15.3. The van der Waals surface area contributed by atoms with Crippen LogP contribution < -0.4 is 0 Å². The molecule has 3 aliphatic heterocycles. The van der Waals surface area contributed by atoms with Crippen molar-refractivity contribution in [1.29, 1.82) is 0 Å². The lowest BCUT2D eigenvalue weighted by atomic mass is 9.56. The average Bonchev–Trinajstić information content (AvgIpc) is 3.34. The highest BCUT2D eigenvalue weighted by molar-refractivity contribution is 6.53. The number of alkyl halides is 2. The molecule has 6 atom stereocenters. The van der Waals surface area contributed by atoms with E-state index in [0.717, 1.165) is 30.1 Å². The first kappa shape index (κ1) is 29.5. The number of nitrogens with zero attached hydrogens (tertiary/aromatic N) is 3. The van der Waals surface area contributed by atoms with Crippen LogP contribution in [0.5, 0.6) is 5.75 Å². The van der Waals surface area contributed by atoms with Gasteiger partial charge >= 0.3 is 0 Å². The summed E-state index contributed by atoms with van der Waals surface area (Å²) in [5.41, 5.74) is 3.21. The molecular formula is C34H35Cl2N3O5. The van der Waals surface area contributed by atoms with Crippen LogP contribution >= 0.6 is 23.2 Å². The van der Waals surface area contributed by atoms with Crippen molar-refractivity contribution in [1.82, 2.24) is 14.7 Å². The zero-order chi connectivity index (χ0) is 31.1. The van der Waals surface area contributed by atoms with E-state index in [4.69, 9.17) is 23.2 Å². The van der Waals surface area contributed by atoms with Crippen molar-refractivity contribution in [3.63, 3.8) is 0 Å². The Bertz CT molecular complexity index is 1610. The van der Waals surface area contributed by atoms with E-state index in [1.54, 1.807) is 19.1 Å². The number of halogens is 2. The molecule has 0 aromatic heterocycles. The molecule has 2 aromatic rings. The fraction of sp³-hybridized carbons (Fsp3) is 0.471. The minimum Gasteiger partial charge on any atom is -0.508 e. The van der Waals surface area contributed by atoms with Crippen LogP contribution in [0.3, 0.4) is 0 Å². The largest absolute Gasteiger partial charge is 0.508 e. The number of phenolic OH excluding ortho intramolecular Hbond substituents is 1. The zero-order valence-electron chi connectivity index (χ0n) is 24.7. The van der Waals surface area contributed by atoms with Crippen molar-refractivity contribution in [2.75, 3.05) is 20.1 Å². The monoisotopic (exact) mass is 635 g/mol. The van der Waals surface area contributed by atoms with Crippen LogP contribution in [0, 0.1) is 24.7 Å². The summed E-state index contributed by atoms with van der Waals surface area (Å²) in [6, 6.07) is 15.1. The van der Waals surface area contributed by atoms with Gasteiger partial charge in [-0.15, -0.1) is 23.2 Å². The predicted octanol–water partition coefficient (Wildman–Crippen LogP) is 4.35. The number of aryl methyl sites for hydroxylation is 1. The molecule has 8 nitrogen and oxygen atoms in total. The van der Waals surface area contributed by atoms with Gasteiger partial charge in [0.2, 0.25) is 11.8 Å². The standard InChI is InChI=1S/C34H35Cl2N3O5/c1-19-16-21(8-11-26(19)40)28-23-9-10-24-27(25(23)17-33(35)31(43)37(2)32(44)34(28,33)36)30(42)39(29(24)41)22-12-14-38(15-13-22)18-20-6-4-3-5-7-20/h3-9,11,16,22,24-25,27-28,40H,10,12-15,17-18H2,1-2H3. The van der Waals surface area contributed by atoms with Gasteiger partial charge in [0.25, 0.3) is 11.8 Å². The third-order valence-corrected chi connectivity index (χ3v) is 12.2. The van der Waals surface area contributed by atoms with Crippen LogP contribution in [0.4, 0.5) is 0 Å². The van der Waals surface area contributed by atoms with Crippen LogP contribution in [-0.2, 0) is 25.7 Å². The molecule has 10 heteroatoms. The van der Waals surface area contributed by atoms with Crippen LogP contribution in [-0.4, -0.2) is 79.4 Å². The summed E-state index contributed by atoms with van der Waals surface area (Å²) in [5, 5.41) is 10.2. The Morgan fingerprint density at radius 3 is 2.32 bits per heavy atom. The number of aromatic hydroxyl groups is 1. The topological polar surface area (TPSA) is 98.2 Å². The first-order chi connectivity index (χ1) is 21.0. The van der Waals surface area contributed by atoms with E-state index in [1.807, 2.05) is 24.3 Å². The Morgan fingerprint density at radius 2 is 1.64 bits per heavy atom. The minimum absolute atomic E-state index is 0.0179. The molecular weight excluding hydrogens is 601 g/mol. The second-order valence-corrected chi connectivity index (χ2v) is 14.3. The van der Waals surface area contributed by atoms with Crippen molar-refractivity contribution < 1.29 is 24.3 Å². The van der Waals surface area contributed by atoms with E-state index in [-0.39, 0.29) is 30.0 Å². The maximum atomic E-state index is 14.3. The Kier molecular flexibility index (Phi) is 6.99. The van der Waals surface area contributed by atoms with Gasteiger partial charge in [0.15, 0.2) is 9.75 Å². The summed E-state index contributed by atoms with van der Waals surface area (Å²) in [6.07, 6.45) is 3.68. The van der Waals surface area contributed by atoms with Gasteiger partial charge in [-0.3, -0.25) is 33.9 Å². The Hall–Kier alpha value is -3.20. The summed E-state index contributed by atoms with van der Waals surface area (Å²) in [6.45, 7) is 4.13. The summed E-state index contributed by atoms with van der Waals surface area (Å²) in [5.74, 6) is -4.07. The summed E-state index contributed by atoms with van der Waals surface area (Å²) >= 11 is 14.5. The van der Waals surface area contributed by atoms with Crippen molar-refractivity contribution in [3.05, 3.63) is 76.9 Å². The minimum atomic E-state index is -1.82. The Labute approximate surface area is 266 Å². The molecule has 5 aliphatic rings. The molecule has 0 bridgehead atoms. The molecule has 0 radical (unpaired) electrons. The SMILES string of the molecule is Cc1cc(C2C3=CCC4C(=O)N(C5CCN(Cc6ccccc6)CC5)C(=O)C4C3CC3(Cl)C(=O)N(C)C(=O)C23Cl)ccc1O. The summed E-state index contributed by atoms with van der Waals surface area (Å²) in [4.78, 5) is 56.8. The van der Waals surface area contributed by atoms with E-state index in [0.29, 0.717) is 30.4 Å². The third kappa shape index (κ3) is 4.06. The average molecular weight is 637 g/mol. The molecule has 4 amide bonds. The van der Waals surface area contributed by atoms with E-state index in [1.165, 1.54) is 23.6 Å². The lowest BCUT2D eigenvalue weighted by Gasteiger charge is -2.50. The predicted molar refractivity (Wildman–Crippen MR) is 165 cm³/mol. The molecule has 3 heterocycles. The number of imide groups is 2. The number of hydrogen-bond donors (Lipinski definition) is 1. The molecule has 2 aliphatic carbocycles. The van der Waals surface area contributed by atoms with E-state index in [9.17, 15) is 24.3 Å². The van der Waals surface area contributed by atoms with E-state index in [2.05, 4.69) is 17.0 Å². The number of allylic oxidation sites excluding steroid dienone is 2. The fourth-order valence-corrected chi connectivity index (χ4v) is 9.56. The number of fused-ring (bicyclic) bond motifs is 4. The molecule has 4 fully saturated rings. The van der Waals surface area contributed by atoms with Crippen molar-refractivity contribution >= 4 is 46.8 Å². The fourth-order valence-electron chi connectivity index (χ4n) is 8.54. The normalized spacial score (nSPS) is 34.2. The number of carbonyl (C=O) groups is 4. The summed E-state index contributed by atoms with van der Waals surface area (Å²) < 4.78 is 0. The van der Waals surface area contributed by atoms with Crippen LogP contribution in [0.25, 0.3) is 0 Å². The number of piperidine rings is 1. The van der Waals surface area contributed by atoms with Crippen molar-refractivity contribution in [2.24, 2.45) is 17.8 Å². The lowest BCUT2D eigenvalue weighted by Crippen LogP contribution is -2.60. The van der Waals surface area contributed by atoms with Gasteiger partial charge in [0.05, 0.1) is 11.8 Å². The van der Waals surface area contributed by atoms with Crippen LogP contribution in [0.15, 0.2) is 60.2 Å². The number of phenols is 1. The number of hydrogen-bond acceptors (Lipinski definition) is 6. The van der Waals surface area contributed by atoms with Crippen molar-refractivity contribution in [3.8, 4) is 5.75 Å². The van der Waals surface area contributed by atoms with Gasteiger partial charge in [0, 0.05) is 38.6 Å². The van der Waals surface area contributed by atoms with Gasteiger partial charge in [-0.25, -0.2) is 0 Å². The molecule has 3 saturated heterocycles. The molecule has 7 rings (SSSR count). The highest BCUT2D eigenvalue weighted by atomic mass is 35.5. The third-order valence-electron chi connectivity index (χ3n) is 10.8. The van der Waals surface area contributed by atoms with Gasteiger partial charge in [0.1, 0.15) is 5.75 Å². The molecule has 0 spiro atoms. The number of rotatable bonds is 4. The molecule has 230 valence electrons. The first-order valence-corrected chi connectivity index (χ1v) is 16.1. The van der Waals surface area contributed by atoms with Gasteiger partial charge in [-0.05, 0) is 61.3 Å². The summed E-state index contributed by atoms with van der Waals surface area (Å²) in [7, 11) is 1.38. The maximum absolute atomic E-state index is 14.3. The number of carbonyl (C=O) groups excluding carboxylic acids is 4. The van der Waals surface area contributed by atoms with Gasteiger partial charge in [-0.2, -0.15) is 0 Å². The molecule has 1 N–H and O–H groups in total. The van der Waals surface area contributed by atoms with E-state index < -0.39 is 45.2 Å². The molecule has 6 unspecified atom stereocenters. The Balaban J connectivity index is 1.21. The number of amides is 4. The molecule has 2 aromatic carbocycles. The van der Waals surface area contributed by atoms with Crippen LogP contribution in [0.2, 0.25) is 0 Å². The maximum Gasteiger partial charge on any atom is 0.253 e. The van der Waals surface area contributed by atoms with E-state index >= 15 is 0 Å². The second kappa shape index (κ2) is 10.4. The van der Waals surface area contributed by atoms with Gasteiger partial charge < -0.3 is 5.11 Å². The number of benzene rings is 2. The lowest BCUT2D eigenvalue weighted by molar-refractivity contribution is -0.144. The highest BCUT2D eigenvalue weighted by Gasteiger charge is 2.76. The zero-order valence-corrected chi connectivity index (χ0v) is 26.2. The van der Waals surface area contributed by atoms with Crippen molar-refractivity contribution in [2.45, 2.75) is 60.9 Å². The highest BCUT2D eigenvalue weighted by Crippen LogP contribution is 2.65. The van der Waals surface area contributed by atoms with Crippen LogP contribution in [0.1, 0.15) is 48.3 Å². The Morgan fingerprint density at radius 1 is 0.932 bits per heavy atom. The molecule has 44 heavy (non-hydrogen) atoms. The smallest absolute Gasteiger partial charge is 0.253 e. The second-order valence-electron chi connectivity index (χ2n) is 13.1. The quantitative estimate of drug-likeness (QED) is 0.305. The number of likely N-dealkylation sites (tertiary alicyclic amines) is 3. The van der Waals surface area contributed by atoms with Gasteiger partial charge in [-0.1, -0.05) is 54.1 Å². The molecule has 1 saturated carbocycles.